The first-order chi connectivity index (χ1) is 16.0. The summed E-state index contributed by atoms with van der Waals surface area (Å²) in [7, 11) is 9.75. The van der Waals surface area contributed by atoms with E-state index in [9.17, 15) is 0 Å². The fourth-order valence-electron chi connectivity index (χ4n) is 4.61. The number of hydrogen-bond acceptors (Lipinski definition) is 2. The SMILES string of the molecule is CC(C)c1cccc(C(C)C)c1C(N)C[N-]CC(N)c1c(C(C)C)cccc1C(C)C.[Cl][Tc][Cl]. The van der Waals surface area contributed by atoms with E-state index in [0.29, 0.717) is 36.8 Å². The average Bonchev–Trinajstić information content (AvgIpc) is 2.78. The van der Waals surface area contributed by atoms with Crippen molar-refractivity contribution in [1.82, 2.24) is 0 Å². The molecule has 0 saturated carbocycles. The zero-order chi connectivity index (χ0) is 26.0. The van der Waals surface area contributed by atoms with Crippen molar-refractivity contribution in [3.8, 4) is 0 Å². The van der Waals surface area contributed by atoms with E-state index in [1.807, 2.05) is 0 Å². The molecular formula is C28H44Cl2N3Tc-. The van der Waals surface area contributed by atoms with Crippen molar-refractivity contribution in [2.75, 3.05) is 13.1 Å². The molecule has 6 heteroatoms. The van der Waals surface area contributed by atoms with Gasteiger partial charge in [0.2, 0.25) is 0 Å². The van der Waals surface area contributed by atoms with Crippen molar-refractivity contribution in [2.45, 2.75) is 91.1 Å². The first-order valence-electron chi connectivity index (χ1n) is 12.2. The van der Waals surface area contributed by atoms with E-state index in [1.165, 1.54) is 33.4 Å². The van der Waals surface area contributed by atoms with Crippen LogP contribution in [0, 0.1) is 0 Å². The molecule has 193 valence electrons. The van der Waals surface area contributed by atoms with Gasteiger partial charge in [-0.25, -0.2) is 0 Å². The molecule has 0 bridgehead atoms. The molecule has 2 aromatic rings. The Balaban J connectivity index is 0.00000182. The van der Waals surface area contributed by atoms with E-state index in [2.05, 4.69) is 91.8 Å². The van der Waals surface area contributed by atoms with Crippen LogP contribution in [0.2, 0.25) is 0 Å². The molecule has 0 spiro atoms. The molecule has 2 aromatic carbocycles. The predicted molar refractivity (Wildman–Crippen MR) is 148 cm³/mol. The van der Waals surface area contributed by atoms with Crippen molar-refractivity contribution in [1.29, 1.82) is 0 Å². The van der Waals surface area contributed by atoms with Crippen LogP contribution >= 0.6 is 19.2 Å². The van der Waals surface area contributed by atoms with Crippen LogP contribution in [0.1, 0.15) is 125 Å². The van der Waals surface area contributed by atoms with Crippen LogP contribution in [-0.2, 0) is 15.7 Å². The van der Waals surface area contributed by atoms with Gasteiger partial charge in [0, 0.05) is 12.1 Å². The van der Waals surface area contributed by atoms with Gasteiger partial charge in [-0.3, -0.25) is 0 Å². The summed E-state index contributed by atoms with van der Waals surface area (Å²) < 4.78 is 0. The van der Waals surface area contributed by atoms with Gasteiger partial charge in [0.05, 0.1) is 0 Å². The molecule has 0 saturated heterocycles. The Kier molecular flexibility index (Phi) is 14.5. The number of benzene rings is 2. The molecule has 0 aliphatic rings. The third kappa shape index (κ3) is 8.89. The summed E-state index contributed by atoms with van der Waals surface area (Å²) in [6.45, 7) is 19.1. The number of halogens is 2. The van der Waals surface area contributed by atoms with E-state index in [0.717, 1.165) is 0 Å². The first kappa shape index (κ1) is 31.6. The minimum absolute atomic E-state index is 0.104. The summed E-state index contributed by atoms with van der Waals surface area (Å²) in [5.74, 6) is 1.75. The number of hydrogen-bond donors (Lipinski definition) is 2. The Labute approximate surface area is 224 Å². The van der Waals surface area contributed by atoms with Gasteiger partial charge in [-0.15, -0.1) is 13.1 Å². The van der Waals surface area contributed by atoms with Crippen molar-refractivity contribution in [3.05, 3.63) is 75.1 Å². The second-order valence-corrected chi connectivity index (χ2v) is 13.0. The minimum atomic E-state index is -0.466. The van der Waals surface area contributed by atoms with Crippen LogP contribution in [-0.4, -0.2) is 13.1 Å². The van der Waals surface area contributed by atoms with Gasteiger partial charge in [-0.2, -0.15) is 0 Å². The standard InChI is InChI=1S/C28H44N3.2ClH.Tc/c1-17(2)21-11-9-12-22(18(3)4)27(21)25(29)15-31-16-26(30)28-23(19(5)6)13-10-14-24(28)20(7)8;;;/h9-14,17-20,25-26H,15-16,29-30H2,1-8H3;2*1H;/q-1;;;+2/p-2. The monoisotopic (exact) mass is 589 g/mol. The van der Waals surface area contributed by atoms with Gasteiger partial charge in [0.25, 0.3) is 0 Å². The van der Waals surface area contributed by atoms with Crippen LogP contribution in [0.4, 0.5) is 0 Å². The number of rotatable bonds is 10. The Bertz CT molecular complexity index is 747. The second-order valence-electron chi connectivity index (χ2n) is 10.2. The Morgan fingerprint density at radius 3 is 1.06 bits per heavy atom. The normalized spacial score (nSPS) is 13.4. The summed E-state index contributed by atoms with van der Waals surface area (Å²) in [6.07, 6.45) is 0. The Morgan fingerprint density at radius 2 is 0.853 bits per heavy atom. The maximum absolute atomic E-state index is 6.72. The molecule has 2 rings (SSSR count). The zero-order valence-electron chi connectivity index (χ0n) is 22.1. The Hall–Kier alpha value is -0.451. The van der Waals surface area contributed by atoms with Crippen LogP contribution in [0.5, 0.6) is 0 Å². The van der Waals surface area contributed by atoms with Gasteiger partial charge in [0.1, 0.15) is 0 Å². The third-order valence-corrected chi connectivity index (χ3v) is 6.23. The molecule has 0 aromatic heterocycles. The maximum atomic E-state index is 6.72. The third-order valence-electron chi connectivity index (χ3n) is 6.23. The summed E-state index contributed by atoms with van der Waals surface area (Å²) in [6, 6.07) is 13.0. The zero-order valence-corrected chi connectivity index (χ0v) is 25.4. The molecular weight excluding hydrogens is 547 g/mol. The molecule has 2 unspecified atom stereocenters. The van der Waals surface area contributed by atoms with Gasteiger partial charge >= 0.3 is 34.8 Å². The van der Waals surface area contributed by atoms with Crippen LogP contribution < -0.4 is 11.5 Å². The molecule has 0 radical (unpaired) electrons. The summed E-state index contributed by atoms with van der Waals surface area (Å²) >= 11 is -0.466. The van der Waals surface area contributed by atoms with Gasteiger partial charge < -0.3 is 16.8 Å². The van der Waals surface area contributed by atoms with Crippen molar-refractivity contribution in [3.63, 3.8) is 0 Å². The molecule has 2 atom stereocenters. The molecule has 0 aliphatic heterocycles. The van der Waals surface area contributed by atoms with Crippen LogP contribution in [0.25, 0.3) is 5.32 Å². The van der Waals surface area contributed by atoms with Gasteiger partial charge in [-0.05, 0) is 57.1 Å². The first-order valence-corrected chi connectivity index (χ1v) is 17.0. The van der Waals surface area contributed by atoms with E-state index in [4.69, 9.17) is 36.0 Å². The fourth-order valence-corrected chi connectivity index (χ4v) is 4.61. The average molecular weight is 592 g/mol. The number of nitrogens with two attached hydrogens (primary N) is 2. The van der Waals surface area contributed by atoms with Gasteiger partial charge in [-0.1, -0.05) is 91.8 Å². The summed E-state index contributed by atoms with van der Waals surface area (Å²) in [4.78, 5) is 0. The molecule has 0 aliphatic carbocycles. The predicted octanol–water partition coefficient (Wildman–Crippen LogP) is 8.63. The summed E-state index contributed by atoms with van der Waals surface area (Å²) in [5.41, 5.74) is 21.3. The number of nitrogens with zero attached hydrogens (tertiary/aromatic N) is 1. The van der Waals surface area contributed by atoms with Crippen LogP contribution in [0.15, 0.2) is 36.4 Å². The van der Waals surface area contributed by atoms with E-state index < -0.39 is 15.7 Å². The van der Waals surface area contributed by atoms with Crippen molar-refractivity contribution < 1.29 is 15.7 Å². The van der Waals surface area contributed by atoms with Gasteiger partial charge in [0.15, 0.2) is 0 Å². The Morgan fingerprint density at radius 1 is 0.618 bits per heavy atom. The fraction of sp³-hybridized carbons (Fsp3) is 0.571. The quantitative estimate of drug-likeness (QED) is 0.291. The topological polar surface area (TPSA) is 66.1 Å². The molecule has 0 amide bonds. The van der Waals surface area contributed by atoms with Crippen molar-refractivity contribution >= 4 is 19.2 Å². The summed E-state index contributed by atoms with van der Waals surface area (Å²) in [5, 5.41) is 4.88. The molecule has 4 N–H and O–H groups in total. The molecule has 34 heavy (non-hydrogen) atoms. The van der Waals surface area contributed by atoms with Crippen molar-refractivity contribution in [2.24, 2.45) is 11.5 Å². The molecule has 0 fully saturated rings. The van der Waals surface area contributed by atoms with E-state index in [-0.39, 0.29) is 12.1 Å². The molecule has 0 heterocycles. The molecule has 3 nitrogen and oxygen atoms in total. The van der Waals surface area contributed by atoms with E-state index >= 15 is 0 Å². The van der Waals surface area contributed by atoms with E-state index in [1.54, 1.807) is 0 Å². The van der Waals surface area contributed by atoms with Crippen LogP contribution in [0.3, 0.4) is 0 Å². The second kappa shape index (κ2) is 15.6.